The largest absolute Gasteiger partial charge is 0.310 e. The molecule has 1 saturated heterocycles. The highest BCUT2D eigenvalue weighted by Crippen LogP contribution is 2.13. The number of piperidine rings is 1. The van der Waals surface area contributed by atoms with Crippen LogP contribution in [-0.2, 0) is 0 Å². The number of likely N-dealkylation sites (tertiary alicyclic amines) is 1. The van der Waals surface area contributed by atoms with E-state index < -0.39 is 0 Å². The van der Waals surface area contributed by atoms with Crippen molar-refractivity contribution < 1.29 is 0 Å². The van der Waals surface area contributed by atoms with Crippen LogP contribution in [0.3, 0.4) is 0 Å². The highest BCUT2D eigenvalue weighted by molar-refractivity contribution is 5.12. The molecule has 0 saturated carbocycles. The second-order valence-electron chi connectivity index (χ2n) is 5.88. The first kappa shape index (κ1) is 14.5. The zero-order valence-electron chi connectivity index (χ0n) is 12.3. The van der Waals surface area contributed by atoms with Crippen molar-refractivity contribution in [2.24, 2.45) is 5.92 Å². The third kappa shape index (κ3) is 4.92. The lowest BCUT2D eigenvalue weighted by Gasteiger charge is -2.29. The fourth-order valence-corrected chi connectivity index (χ4v) is 2.78. The van der Waals surface area contributed by atoms with Gasteiger partial charge < -0.3 is 10.2 Å². The molecule has 1 fully saturated rings. The van der Waals surface area contributed by atoms with Crippen molar-refractivity contribution in [1.82, 2.24) is 15.2 Å². The van der Waals surface area contributed by atoms with E-state index in [2.05, 4.69) is 35.1 Å². The molecule has 2 unspecified atom stereocenters. The van der Waals surface area contributed by atoms with Gasteiger partial charge in [-0.15, -0.1) is 0 Å². The third-order valence-electron chi connectivity index (χ3n) is 3.98. The molecule has 1 aromatic rings. The topological polar surface area (TPSA) is 28.2 Å². The summed E-state index contributed by atoms with van der Waals surface area (Å²) in [5.41, 5.74) is 1.27. The molecular formula is C16H27N3. The summed E-state index contributed by atoms with van der Waals surface area (Å²) in [6.07, 6.45) is 7.96. The lowest BCUT2D eigenvalue weighted by Crippen LogP contribution is -2.37. The second-order valence-corrected chi connectivity index (χ2v) is 5.88. The molecular weight excluding hydrogens is 234 g/mol. The normalized spacial score (nSPS) is 20.1. The summed E-state index contributed by atoms with van der Waals surface area (Å²) >= 11 is 0. The molecule has 2 rings (SSSR count). The van der Waals surface area contributed by atoms with Gasteiger partial charge in [-0.25, -0.2) is 0 Å². The molecule has 19 heavy (non-hydrogen) atoms. The fourth-order valence-electron chi connectivity index (χ4n) is 2.78. The summed E-state index contributed by atoms with van der Waals surface area (Å²) in [5, 5.41) is 3.62. The van der Waals surface area contributed by atoms with Gasteiger partial charge in [0, 0.05) is 25.0 Å². The summed E-state index contributed by atoms with van der Waals surface area (Å²) in [5.74, 6) is 0.706. The van der Waals surface area contributed by atoms with Gasteiger partial charge in [-0.05, 0) is 56.9 Å². The molecule has 0 radical (unpaired) electrons. The zero-order chi connectivity index (χ0) is 13.5. The van der Waals surface area contributed by atoms with Gasteiger partial charge in [0.05, 0.1) is 0 Å². The van der Waals surface area contributed by atoms with Gasteiger partial charge in [-0.1, -0.05) is 19.4 Å². The number of hydrogen-bond donors (Lipinski definition) is 1. The van der Waals surface area contributed by atoms with E-state index >= 15 is 0 Å². The highest BCUT2D eigenvalue weighted by Gasteiger charge is 2.14. The number of nitrogens with one attached hydrogen (secondary N) is 1. The van der Waals surface area contributed by atoms with E-state index in [0.29, 0.717) is 12.0 Å². The first-order valence-corrected chi connectivity index (χ1v) is 7.61. The Hall–Kier alpha value is -0.930. The van der Waals surface area contributed by atoms with Gasteiger partial charge in [0.15, 0.2) is 0 Å². The Morgan fingerprint density at radius 2 is 2.05 bits per heavy atom. The molecule has 1 aliphatic rings. The number of rotatable bonds is 6. The van der Waals surface area contributed by atoms with Gasteiger partial charge in [0.25, 0.3) is 0 Å². The quantitative estimate of drug-likeness (QED) is 0.853. The Morgan fingerprint density at radius 1 is 1.26 bits per heavy atom. The maximum absolute atomic E-state index is 4.18. The first-order valence-electron chi connectivity index (χ1n) is 7.61. The molecule has 3 heteroatoms. The van der Waals surface area contributed by atoms with Crippen molar-refractivity contribution in [1.29, 1.82) is 0 Å². The van der Waals surface area contributed by atoms with Gasteiger partial charge in [-0.2, -0.15) is 0 Å². The van der Waals surface area contributed by atoms with Crippen molar-refractivity contribution in [2.75, 3.05) is 26.2 Å². The van der Waals surface area contributed by atoms with Crippen LogP contribution in [0, 0.1) is 5.92 Å². The van der Waals surface area contributed by atoms with E-state index in [1.54, 1.807) is 0 Å². The average molecular weight is 261 g/mol. The standard InChI is InChI=1S/C16H27N3/c1-14(13-19-9-4-3-5-10-19)11-18-15(2)16-7-6-8-17-12-16/h6-8,12,14-15,18H,3-5,9-11,13H2,1-2H3. The van der Waals surface area contributed by atoms with E-state index in [0.717, 1.165) is 6.54 Å². The van der Waals surface area contributed by atoms with Gasteiger partial charge in [0.2, 0.25) is 0 Å². The summed E-state index contributed by atoms with van der Waals surface area (Å²) < 4.78 is 0. The van der Waals surface area contributed by atoms with E-state index in [-0.39, 0.29) is 0 Å². The van der Waals surface area contributed by atoms with Gasteiger partial charge >= 0.3 is 0 Å². The predicted octanol–water partition coefficient (Wildman–Crippen LogP) is 2.85. The lowest BCUT2D eigenvalue weighted by atomic mass is 10.1. The first-order chi connectivity index (χ1) is 9.25. The Morgan fingerprint density at radius 3 is 2.74 bits per heavy atom. The second kappa shape index (κ2) is 7.61. The Labute approximate surface area is 117 Å². The maximum Gasteiger partial charge on any atom is 0.0315 e. The highest BCUT2D eigenvalue weighted by atomic mass is 15.1. The maximum atomic E-state index is 4.18. The molecule has 3 nitrogen and oxygen atoms in total. The van der Waals surface area contributed by atoms with Gasteiger partial charge in [-0.3, -0.25) is 4.98 Å². The third-order valence-corrected chi connectivity index (χ3v) is 3.98. The average Bonchev–Trinajstić information content (AvgIpc) is 2.47. The number of aromatic nitrogens is 1. The number of hydrogen-bond acceptors (Lipinski definition) is 3. The lowest BCUT2D eigenvalue weighted by molar-refractivity contribution is 0.197. The zero-order valence-corrected chi connectivity index (χ0v) is 12.3. The Balaban J connectivity index is 1.69. The molecule has 1 aromatic heterocycles. The van der Waals surface area contributed by atoms with E-state index in [1.165, 1.54) is 44.5 Å². The van der Waals surface area contributed by atoms with E-state index in [4.69, 9.17) is 0 Å². The molecule has 0 spiro atoms. The molecule has 0 amide bonds. The molecule has 1 aliphatic heterocycles. The number of pyridine rings is 1. The molecule has 0 aromatic carbocycles. The van der Waals surface area contributed by atoms with Crippen LogP contribution >= 0.6 is 0 Å². The van der Waals surface area contributed by atoms with Crippen molar-refractivity contribution in [2.45, 2.75) is 39.2 Å². The molecule has 0 bridgehead atoms. The molecule has 2 atom stereocenters. The minimum absolute atomic E-state index is 0.387. The molecule has 0 aliphatic carbocycles. The summed E-state index contributed by atoms with van der Waals surface area (Å²) in [6.45, 7) is 9.45. The van der Waals surface area contributed by atoms with Crippen LogP contribution in [0.2, 0.25) is 0 Å². The molecule has 2 heterocycles. The SMILES string of the molecule is CC(CNC(C)c1cccnc1)CN1CCCCC1. The number of nitrogens with zero attached hydrogens (tertiary/aromatic N) is 2. The van der Waals surface area contributed by atoms with Gasteiger partial charge in [0.1, 0.15) is 0 Å². The summed E-state index contributed by atoms with van der Waals surface area (Å²) in [7, 11) is 0. The van der Waals surface area contributed by atoms with Crippen LogP contribution in [-0.4, -0.2) is 36.1 Å². The van der Waals surface area contributed by atoms with Crippen LogP contribution in [0.4, 0.5) is 0 Å². The minimum atomic E-state index is 0.387. The van der Waals surface area contributed by atoms with Crippen LogP contribution in [0.1, 0.15) is 44.7 Å². The van der Waals surface area contributed by atoms with Crippen LogP contribution in [0.15, 0.2) is 24.5 Å². The predicted molar refractivity (Wildman–Crippen MR) is 80.1 cm³/mol. The minimum Gasteiger partial charge on any atom is -0.310 e. The summed E-state index contributed by atoms with van der Waals surface area (Å²) in [6, 6.07) is 4.53. The van der Waals surface area contributed by atoms with Crippen molar-refractivity contribution in [3.63, 3.8) is 0 Å². The Bertz CT molecular complexity index is 346. The summed E-state index contributed by atoms with van der Waals surface area (Å²) in [4.78, 5) is 6.79. The van der Waals surface area contributed by atoms with E-state index in [1.807, 2.05) is 18.5 Å². The van der Waals surface area contributed by atoms with Crippen molar-refractivity contribution in [3.05, 3.63) is 30.1 Å². The van der Waals surface area contributed by atoms with Crippen LogP contribution in [0.5, 0.6) is 0 Å². The molecule has 1 N–H and O–H groups in total. The van der Waals surface area contributed by atoms with E-state index in [9.17, 15) is 0 Å². The van der Waals surface area contributed by atoms with Crippen molar-refractivity contribution >= 4 is 0 Å². The fraction of sp³-hybridized carbons (Fsp3) is 0.688. The van der Waals surface area contributed by atoms with Crippen molar-refractivity contribution in [3.8, 4) is 0 Å². The monoisotopic (exact) mass is 261 g/mol. The smallest absolute Gasteiger partial charge is 0.0315 e. The van der Waals surface area contributed by atoms with Crippen LogP contribution < -0.4 is 5.32 Å². The van der Waals surface area contributed by atoms with Crippen LogP contribution in [0.25, 0.3) is 0 Å². The Kier molecular flexibility index (Phi) is 5.80. The molecule has 106 valence electrons.